The first-order chi connectivity index (χ1) is 9.31. The zero-order chi connectivity index (χ0) is 13.2. The highest BCUT2D eigenvalue weighted by molar-refractivity contribution is 7.99. The summed E-state index contributed by atoms with van der Waals surface area (Å²) in [4.78, 5) is 4.85. The van der Waals surface area contributed by atoms with Gasteiger partial charge in [0.25, 0.3) is 0 Å². The first kappa shape index (κ1) is 13.3. The molecule has 1 aromatic carbocycles. The first-order valence-electron chi connectivity index (χ1n) is 6.91. The van der Waals surface area contributed by atoms with Crippen LogP contribution in [0.4, 0.5) is 0 Å². The Morgan fingerprint density at radius 1 is 1.37 bits per heavy atom. The lowest BCUT2D eigenvalue weighted by molar-refractivity contribution is 0.466. The van der Waals surface area contributed by atoms with Gasteiger partial charge >= 0.3 is 0 Å². The molecular weight excluding hydrogens is 276 g/mol. The van der Waals surface area contributed by atoms with E-state index >= 15 is 0 Å². The molecule has 0 unspecified atom stereocenters. The molecule has 0 aliphatic carbocycles. The van der Waals surface area contributed by atoms with Gasteiger partial charge in [-0.25, -0.2) is 4.98 Å². The summed E-state index contributed by atoms with van der Waals surface area (Å²) in [6.07, 6.45) is 3.36. The smallest absolute Gasteiger partial charge is 0.111 e. The van der Waals surface area contributed by atoms with Crippen LogP contribution in [0, 0.1) is 6.92 Å². The van der Waals surface area contributed by atoms with Gasteiger partial charge in [0.15, 0.2) is 0 Å². The van der Waals surface area contributed by atoms with Crippen molar-refractivity contribution in [3.63, 3.8) is 0 Å². The van der Waals surface area contributed by atoms with Crippen molar-refractivity contribution < 1.29 is 0 Å². The van der Waals surface area contributed by atoms with Crippen LogP contribution in [0.1, 0.15) is 30.3 Å². The fourth-order valence-corrected chi connectivity index (χ4v) is 4.17. The monoisotopic (exact) mass is 294 g/mol. The van der Waals surface area contributed by atoms with Gasteiger partial charge in [-0.1, -0.05) is 12.1 Å². The Hall–Kier alpha value is -0.670. The Labute approximate surface area is 123 Å². The third-order valence-electron chi connectivity index (χ3n) is 3.87. The third kappa shape index (κ3) is 2.50. The Balaban J connectivity index is 2.13. The molecule has 1 saturated heterocycles. The fraction of sp³-hybridized carbons (Fsp3) is 0.533. The molecule has 4 heteroatoms. The molecule has 2 nitrogen and oxygen atoms in total. The molecule has 0 N–H and O–H groups in total. The van der Waals surface area contributed by atoms with Gasteiger partial charge in [0.1, 0.15) is 5.82 Å². The summed E-state index contributed by atoms with van der Waals surface area (Å²) in [5.41, 5.74) is 3.70. The molecule has 2 heterocycles. The topological polar surface area (TPSA) is 17.8 Å². The lowest BCUT2D eigenvalue weighted by atomic mass is 10.1. The number of aromatic nitrogens is 2. The largest absolute Gasteiger partial charge is 0.325 e. The maximum atomic E-state index is 5.96. The number of aryl methyl sites for hydroxylation is 2. The van der Waals surface area contributed by atoms with Crippen molar-refractivity contribution in [1.29, 1.82) is 0 Å². The van der Waals surface area contributed by atoms with Crippen LogP contribution < -0.4 is 0 Å². The average molecular weight is 295 g/mol. The van der Waals surface area contributed by atoms with E-state index in [1.807, 2.05) is 0 Å². The maximum absolute atomic E-state index is 5.96. The molecule has 19 heavy (non-hydrogen) atoms. The number of alkyl halides is 1. The Morgan fingerprint density at radius 3 is 2.89 bits per heavy atom. The number of benzene rings is 1. The van der Waals surface area contributed by atoms with Crippen molar-refractivity contribution in [3.05, 3.63) is 29.6 Å². The van der Waals surface area contributed by atoms with E-state index in [-0.39, 0.29) is 0 Å². The number of halogens is 1. The lowest BCUT2D eigenvalue weighted by Gasteiger charge is -2.25. The number of thioether (sulfide) groups is 1. The Kier molecular flexibility index (Phi) is 4.04. The van der Waals surface area contributed by atoms with Crippen molar-refractivity contribution in [2.75, 3.05) is 17.4 Å². The summed E-state index contributed by atoms with van der Waals surface area (Å²) in [5.74, 6) is 4.33. The van der Waals surface area contributed by atoms with Gasteiger partial charge in [-0.3, -0.25) is 0 Å². The van der Waals surface area contributed by atoms with Crippen LogP contribution in [0.5, 0.6) is 0 Å². The molecular formula is C15H19ClN2S. The molecule has 0 radical (unpaired) electrons. The Bertz CT molecular complexity index is 573. The second kappa shape index (κ2) is 5.76. The molecule has 0 bridgehead atoms. The zero-order valence-electron chi connectivity index (χ0n) is 11.2. The Morgan fingerprint density at radius 2 is 2.16 bits per heavy atom. The van der Waals surface area contributed by atoms with Crippen LogP contribution in [0.2, 0.25) is 0 Å². The fourth-order valence-electron chi connectivity index (χ4n) is 2.92. The summed E-state index contributed by atoms with van der Waals surface area (Å²) in [7, 11) is 0. The van der Waals surface area contributed by atoms with Gasteiger partial charge in [-0.2, -0.15) is 11.8 Å². The number of para-hydroxylation sites is 1. The molecule has 1 aliphatic rings. The summed E-state index contributed by atoms with van der Waals surface area (Å²) in [6, 6.07) is 7.08. The summed E-state index contributed by atoms with van der Waals surface area (Å²) in [6.45, 7) is 2.14. The van der Waals surface area contributed by atoms with E-state index in [4.69, 9.17) is 16.6 Å². The van der Waals surface area contributed by atoms with E-state index in [9.17, 15) is 0 Å². The molecule has 0 atom stereocenters. The number of imidazole rings is 1. The van der Waals surface area contributed by atoms with Gasteiger partial charge < -0.3 is 4.57 Å². The minimum atomic E-state index is 0.603. The SMILES string of the molecule is Cc1cccc2c1nc(CCCl)n2C1CCSCC1. The molecule has 1 aliphatic heterocycles. The summed E-state index contributed by atoms with van der Waals surface area (Å²) in [5, 5.41) is 0. The van der Waals surface area contributed by atoms with Crippen LogP contribution in [-0.4, -0.2) is 26.9 Å². The third-order valence-corrected chi connectivity index (χ3v) is 5.11. The molecule has 0 amide bonds. The maximum Gasteiger partial charge on any atom is 0.111 e. The summed E-state index contributed by atoms with van der Waals surface area (Å²) < 4.78 is 2.46. The van der Waals surface area contributed by atoms with Crippen molar-refractivity contribution >= 4 is 34.4 Å². The molecule has 1 aromatic heterocycles. The number of hydrogen-bond acceptors (Lipinski definition) is 2. The van der Waals surface area contributed by atoms with Crippen molar-refractivity contribution in [2.24, 2.45) is 0 Å². The second-order valence-corrected chi connectivity index (χ2v) is 6.73. The molecule has 0 spiro atoms. The highest BCUT2D eigenvalue weighted by atomic mass is 35.5. The second-order valence-electron chi connectivity index (χ2n) is 5.12. The first-order valence-corrected chi connectivity index (χ1v) is 8.60. The van der Waals surface area contributed by atoms with E-state index in [0.717, 1.165) is 17.8 Å². The standard InChI is InChI=1S/C15H19ClN2S/c1-11-3-2-4-13-15(11)17-14(5-8-16)18(13)12-6-9-19-10-7-12/h2-4,12H,5-10H2,1H3. The van der Waals surface area contributed by atoms with Crippen LogP contribution in [-0.2, 0) is 6.42 Å². The minimum Gasteiger partial charge on any atom is -0.325 e. The highest BCUT2D eigenvalue weighted by Gasteiger charge is 2.21. The normalized spacial score (nSPS) is 17.2. The highest BCUT2D eigenvalue weighted by Crippen LogP contribution is 2.32. The van der Waals surface area contributed by atoms with Gasteiger partial charge in [-0.15, -0.1) is 11.6 Å². The van der Waals surface area contributed by atoms with E-state index < -0.39 is 0 Å². The zero-order valence-corrected chi connectivity index (χ0v) is 12.8. The molecule has 2 aromatic rings. The van der Waals surface area contributed by atoms with E-state index in [1.54, 1.807) is 0 Å². The number of rotatable bonds is 3. The van der Waals surface area contributed by atoms with Gasteiger partial charge in [-0.05, 0) is 42.9 Å². The van der Waals surface area contributed by atoms with Gasteiger partial charge in [0, 0.05) is 18.3 Å². The number of nitrogens with zero attached hydrogens (tertiary/aromatic N) is 2. The van der Waals surface area contributed by atoms with E-state index in [2.05, 4.69) is 41.5 Å². The van der Waals surface area contributed by atoms with Crippen molar-refractivity contribution in [2.45, 2.75) is 32.2 Å². The van der Waals surface area contributed by atoms with Gasteiger partial charge in [0.05, 0.1) is 11.0 Å². The van der Waals surface area contributed by atoms with Crippen LogP contribution in [0.3, 0.4) is 0 Å². The van der Waals surface area contributed by atoms with Crippen LogP contribution >= 0.6 is 23.4 Å². The molecule has 0 saturated carbocycles. The predicted molar refractivity (Wildman–Crippen MR) is 84.5 cm³/mol. The van der Waals surface area contributed by atoms with Crippen LogP contribution in [0.25, 0.3) is 11.0 Å². The van der Waals surface area contributed by atoms with Crippen molar-refractivity contribution in [1.82, 2.24) is 9.55 Å². The van der Waals surface area contributed by atoms with Crippen molar-refractivity contribution in [3.8, 4) is 0 Å². The summed E-state index contributed by atoms with van der Waals surface area (Å²) >= 11 is 8.02. The molecule has 3 rings (SSSR count). The van der Waals surface area contributed by atoms with E-state index in [0.29, 0.717) is 11.9 Å². The lowest BCUT2D eigenvalue weighted by Crippen LogP contribution is -2.17. The quantitative estimate of drug-likeness (QED) is 0.790. The number of hydrogen-bond donors (Lipinski definition) is 0. The van der Waals surface area contributed by atoms with E-state index in [1.165, 1.54) is 35.4 Å². The van der Waals surface area contributed by atoms with Crippen LogP contribution in [0.15, 0.2) is 18.2 Å². The molecule has 102 valence electrons. The average Bonchev–Trinajstić information content (AvgIpc) is 2.80. The van der Waals surface area contributed by atoms with Gasteiger partial charge in [0.2, 0.25) is 0 Å². The minimum absolute atomic E-state index is 0.603. The number of fused-ring (bicyclic) bond motifs is 1. The predicted octanol–water partition coefficient (Wildman–Crippen LogP) is 4.19. The molecule has 1 fully saturated rings.